The third kappa shape index (κ3) is 3.16. The average molecular weight is 398 g/mol. The molecule has 0 fully saturated rings. The number of furan rings is 1. The van der Waals surface area contributed by atoms with Gasteiger partial charge in [-0.1, -0.05) is 29.8 Å². The van der Waals surface area contributed by atoms with Crippen LogP contribution in [0.1, 0.15) is 52.3 Å². The molecule has 6 heteroatoms. The molecule has 28 heavy (non-hydrogen) atoms. The van der Waals surface area contributed by atoms with Gasteiger partial charge in [0.2, 0.25) is 0 Å². The standard InChI is InChI=1S/C22H20ClNO4/c1-12-18-16(8-9-17-19(18)15(25)10-22(2,3)28-17)27-20(12)21(26)24-11-13-6-4-5-7-14(13)23/h4-9H,10-11H2,1-3H3,(H,24,26). The number of carbonyl (C=O) groups excluding carboxylic acids is 2. The number of rotatable bonds is 3. The molecule has 1 amide bonds. The van der Waals surface area contributed by atoms with Gasteiger partial charge in [-0.3, -0.25) is 9.59 Å². The van der Waals surface area contributed by atoms with E-state index in [-0.39, 0.29) is 30.4 Å². The van der Waals surface area contributed by atoms with E-state index in [4.69, 9.17) is 20.8 Å². The Labute approximate surface area is 167 Å². The Bertz CT molecular complexity index is 1110. The number of benzene rings is 2. The highest BCUT2D eigenvalue weighted by Crippen LogP contribution is 2.40. The van der Waals surface area contributed by atoms with Crippen LogP contribution in [0.15, 0.2) is 40.8 Å². The van der Waals surface area contributed by atoms with Gasteiger partial charge in [0, 0.05) is 22.5 Å². The van der Waals surface area contributed by atoms with Crippen LogP contribution >= 0.6 is 11.6 Å². The Kier molecular flexibility index (Phi) is 4.42. The fraction of sp³-hybridized carbons (Fsp3) is 0.273. The van der Waals surface area contributed by atoms with E-state index in [1.54, 1.807) is 25.1 Å². The van der Waals surface area contributed by atoms with Crippen molar-refractivity contribution in [1.29, 1.82) is 0 Å². The van der Waals surface area contributed by atoms with Gasteiger partial charge in [0.25, 0.3) is 5.91 Å². The molecular weight excluding hydrogens is 378 g/mol. The van der Waals surface area contributed by atoms with E-state index in [0.717, 1.165) is 5.56 Å². The zero-order valence-corrected chi connectivity index (χ0v) is 16.6. The zero-order chi connectivity index (χ0) is 20.1. The number of nitrogens with one attached hydrogen (secondary N) is 1. The summed E-state index contributed by atoms with van der Waals surface area (Å²) in [5, 5.41) is 4.06. The van der Waals surface area contributed by atoms with Crippen LogP contribution in [-0.4, -0.2) is 17.3 Å². The van der Waals surface area contributed by atoms with E-state index in [1.807, 2.05) is 32.0 Å². The summed E-state index contributed by atoms with van der Waals surface area (Å²) in [5.74, 6) is 0.351. The minimum Gasteiger partial charge on any atom is -0.487 e. The lowest BCUT2D eigenvalue weighted by Gasteiger charge is -2.31. The Balaban J connectivity index is 1.69. The average Bonchev–Trinajstić information content (AvgIpc) is 2.96. The third-order valence-electron chi connectivity index (χ3n) is 4.91. The van der Waals surface area contributed by atoms with Gasteiger partial charge < -0.3 is 14.5 Å². The molecule has 5 nitrogen and oxygen atoms in total. The number of aryl methyl sites for hydroxylation is 1. The maximum Gasteiger partial charge on any atom is 0.287 e. The number of halogens is 1. The molecule has 0 unspecified atom stereocenters. The molecule has 0 atom stereocenters. The molecule has 0 saturated carbocycles. The fourth-order valence-electron chi connectivity index (χ4n) is 3.61. The molecule has 0 radical (unpaired) electrons. The van der Waals surface area contributed by atoms with Gasteiger partial charge in [0.15, 0.2) is 11.5 Å². The topological polar surface area (TPSA) is 68.5 Å². The molecule has 1 aliphatic heterocycles. The van der Waals surface area contributed by atoms with Crippen LogP contribution in [0.3, 0.4) is 0 Å². The number of hydrogen-bond acceptors (Lipinski definition) is 4. The summed E-state index contributed by atoms with van der Waals surface area (Å²) < 4.78 is 11.8. The molecular formula is C22H20ClNO4. The molecule has 144 valence electrons. The van der Waals surface area contributed by atoms with Gasteiger partial charge >= 0.3 is 0 Å². The molecule has 3 aromatic rings. The predicted molar refractivity (Wildman–Crippen MR) is 107 cm³/mol. The van der Waals surface area contributed by atoms with Crippen molar-refractivity contribution in [3.05, 3.63) is 63.9 Å². The van der Waals surface area contributed by atoms with Crippen molar-refractivity contribution in [2.75, 3.05) is 0 Å². The smallest absolute Gasteiger partial charge is 0.287 e. The quantitative estimate of drug-likeness (QED) is 0.670. The number of Topliss-reactive ketones (excluding diaryl/α,β-unsaturated/α-hetero) is 1. The summed E-state index contributed by atoms with van der Waals surface area (Å²) in [7, 11) is 0. The second-order valence-corrected chi connectivity index (χ2v) is 8.01. The van der Waals surface area contributed by atoms with Crippen molar-refractivity contribution in [2.24, 2.45) is 0 Å². The van der Waals surface area contributed by atoms with Crippen LogP contribution in [0.25, 0.3) is 11.0 Å². The monoisotopic (exact) mass is 397 g/mol. The molecule has 0 saturated heterocycles. The zero-order valence-electron chi connectivity index (χ0n) is 15.9. The summed E-state index contributed by atoms with van der Waals surface area (Å²) in [6, 6.07) is 10.8. The molecule has 1 aliphatic rings. The van der Waals surface area contributed by atoms with Crippen molar-refractivity contribution in [3.63, 3.8) is 0 Å². The first-order valence-corrected chi connectivity index (χ1v) is 9.44. The lowest BCUT2D eigenvalue weighted by Crippen LogP contribution is -2.35. The second kappa shape index (κ2) is 6.67. The van der Waals surface area contributed by atoms with Gasteiger partial charge in [0.05, 0.1) is 12.0 Å². The Morgan fingerprint density at radius 2 is 1.96 bits per heavy atom. The molecule has 2 heterocycles. The van der Waals surface area contributed by atoms with Crippen molar-refractivity contribution < 1.29 is 18.7 Å². The number of amides is 1. The normalized spacial score (nSPS) is 15.2. The Morgan fingerprint density at radius 1 is 1.21 bits per heavy atom. The van der Waals surface area contributed by atoms with Crippen molar-refractivity contribution in [1.82, 2.24) is 5.32 Å². The summed E-state index contributed by atoms with van der Waals surface area (Å²) in [4.78, 5) is 25.5. The maximum absolute atomic E-state index is 12.8. The molecule has 1 N–H and O–H groups in total. The summed E-state index contributed by atoms with van der Waals surface area (Å²) in [5.41, 5.74) is 1.87. The van der Waals surface area contributed by atoms with Crippen LogP contribution in [0, 0.1) is 6.92 Å². The van der Waals surface area contributed by atoms with Gasteiger partial charge in [-0.2, -0.15) is 0 Å². The minimum atomic E-state index is -0.551. The molecule has 0 spiro atoms. The highest BCUT2D eigenvalue weighted by atomic mass is 35.5. The summed E-state index contributed by atoms with van der Waals surface area (Å²) in [6.45, 7) is 5.83. The van der Waals surface area contributed by atoms with Crippen LogP contribution in [0.4, 0.5) is 0 Å². The van der Waals surface area contributed by atoms with E-state index < -0.39 is 5.60 Å². The molecule has 4 rings (SSSR count). The number of carbonyl (C=O) groups is 2. The second-order valence-electron chi connectivity index (χ2n) is 7.60. The van der Waals surface area contributed by atoms with Gasteiger partial charge in [-0.15, -0.1) is 0 Å². The lowest BCUT2D eigenvalue weighted by molar-refractivity contribution is 0.0623. The predicted octanol–water partition coefficient (Wildman–Crippen LogP) is 5.07. The number of ketones is 1. The first-order valence-electron chi connectivity index (χ1n) is 9.07. The van der Waals surface area contributed by atoms with Crippen LogP contribution < -0.4 is 10.1 Å². The number of ether oxygens (including phenoxy) is 1. The number of hydrogen-bond donors (Lipinski definition) is 1. The Morgan fingerprint density at radius 3 is 2.71 bits per heavy atom. The fourth-order valence-corrected chi connectivity index (χ4v) is 3.81. The minimum absolute atomic E-state index is 0.0104. The highest BCUT2D eigenvalue weighted by Gasteiger charge is 2.35. The highest BCUT2D eigenvalue weighted by molar-refractivity contribution is 6.31. The SMILES string of the molecule is Cc1c(C(=O)NCc2ccccc2Cl)oc2ccc3c(c12)C(=O)CC(C)(C)O3. The lowest BCUT2D eigenvalue weighted by atomic mass is 9.90. The largest absolute Gasteiger partial charge is 0.487 e. The molecule has 1 aromatic heterocycles. The van der Waals surface area contributed by atoms with E-state index in [0.29, 0.717) is 32.9 Å². The van der Waals surface area contributed by atoms with Gasteiger partial charge in [0.1, 0.15) is 16.9 Å². The third-order valence-corrected chi connectivity index (χ3v) is 5.28. The first-order chi connectivity index (χ1) is 13.3. The summed E-state index contributed by atoms with van der Waals surface area (Å²) in [6.07, 6.45) is 0.276. The Hall–Kier alpha value is -2.79. The van der Waals surface area contributed by atoms with Gasteiger partial charge in [-0.05, 0) is 44.5 Å². The van der Waals surface area contributed by atoms with Crippen molar-refractivity contribution in [3.8, 4) is 5.75 Å². The molecule has 0 bridgehead atoms. The number of fused-ring (bicyclic) bond motifs is 3. The van der Waals surface area contributed by atoms with Crippen molar-refractivity contribution >= 4 is 34.3 Å². The van der Waals surface area contributed by atoms with E-state index in [2.05, 4.69) is 5.32 Å². The van der Waals surface area contributed by atoms with E-state index in [1.165, 1.54) is 0 Å². The van der Waals surface area contributed by atoms with Crippen molar-refractivity contribution in [2.45, 2.75) is 39.3 Å². The first kappa shape index (κ1) is 18.6. The van der Waals surface area contributed by atoms with Crippen LogP contribution in [0.2, 0.25) is 5.02 Å². The van der Waals surface area contributed by atoms with E-state index >= 15 is 0 Å². The van der Waals surface area contributed by atoms with Gasteiger partial charge in [-0.25, -0.2) is 0 Å². The van der Waals surface area contributed by atoms with Crippen LogP contribution in [0.5, 0.6) is 5.75 Å². The molecule has 2 aromatic carbocycles. The molecule has 0 aliphatic carbocycles. The van der Waals surface area contributed by atoms with E-state index in [9.17, 15) is 9.59 Å². The van der Waals surface area contributed by atoms with Crippen LogP contribution in [-0.2, 0) is 6.54 Å². The maximum atomic E-state index is 12.8. The summed E-state index contributed by atoms with van der Waals surface area (Å²) >= 11 is 6.14.